The zero-order valence-electron chi connectivity index (χ0n) is 8.08. The minimum atomic E-state index is 0.446. The molecule has 2 heterocycles. The maximum atomic E-state index is 5.18. The van der Waals surface area contributed by atoms with Crippen LogP contribution in [0.5, 0.6) is 0 Å². The van der Waals surface area contributed by atoms with Gasteiger partial charge in [0.2, 0.25) is 0 Å². The fraction of sp³-hybridized carbons (Fsp3) is 0.667. The van der Waals surface area contributed by atoms with E-state index in [1.165, 1.54) is 5.69 Å². The van der Waals surface area contributed by atoms with E-state index in [0.29, 0.717) is 5.92 Å². The van der Waals surface area contributed by atoms with E-state index in [9.17, 15) is 0 Å². The van der Waals surface area contributed by atoms with Crippen molar-refractivity contribution in [3.05, 3.63) is 17.7 Å². The quantitative estimate of drug-likeness (QED) is 0.711. The summed E-state index contributed by atoms with van der Waals surface area (Å²) < 4.78 is 7.28. The maximum Gasteiger partial charge on any atom is 0.0949 e. The number of hydrogen-bond donors (Lipinski definition) is 1. The van der Waals surface area contributed by atoms with E-state index in [-0.39, 0.29) is 0 Å². The number of imidazole rings is 1. The molecule has 1 N–H and O–H groups in total. The van der Waals surface area contributed by atoms with E-state index in [1.54, 1.807) is 7.11 Å². The van der Waals surface area contributed by atoms with Crippen molar-refractivity contribution in [3.63, 3.8) is 0 Å². The highest BCUT2D eigenvalue weighted by molar-refractivity contribution is 5.21. The first-order valence-electron chi connectivity index (χ1n) is 4.52. The molecule has 1 aliphatic rings. The third-order valence-electron chi connectivity index (χ3n) is 2.50. The van der Waals surface area contributed by atoms with Gasteiger partial charge in [-0.05, 0) is 0 Å². The summed E-state index contributed by atoms with van der Waals surface area (Å²) in [5.74, 6) is 0.446. The third-order valence-corrected chi connectivity index (χ3v) is 2.50. The number of aromatic nitrogens is 2. The Hall–Kier alpha value is -0.870. The van der Waals surface area contributed by atoms with Gasteiger partial charge in [-0.15, -0.1) is 0 Å². The largest absolute Gasteiger partial charge is 0.384 e. The van der Waals surface area contributed by atoms with Crippen LogP contribution in [-0.4, -0.2) is 29.8 Å². The predicted octanol–water partition coefficient (Wildman–Crippen LogP) is 0.253. The lowest BCUT2D eigenvalue weighted by atomic mass is 10.0. The molecule has 0 saturated carbocycles. The molecule has 13 heavy (non-hydrogen) atoms. The van der Waals surface area contributed by atoms with Gasteiger partial charge in [0, 0.05) is 38.9 Å². The number of nitrogens with zero attached hydrogens (tertiary/aromatic N) is 2. The molecule has 1 aromatic rings. The van der Waals surface area contributed by atoms with E-state index < -0.39 is 0 Å². The summed E-state index contributed by atoms with van der Waals surface area (Å²) in [6.45, 7) is 2.64. The van der Waals surface area contributed by atoms with Gasteiger partial charge >= 0.3 is 0 Å². The minimum absolute atomic E-state index is 0.446. The van der Waals surface area contributed by atoms with Crippen LogP contribution in [0, 0.1) is 0 Å². The Morgan fingerprint density at radius 2 is 2.62 bits per heavy atom. The zero-order valence-corrected chi connectivity index (χ0v) is 8.08. The van der Waals surface area contributed by atoms with Crippen LogP contribution in [0.2, 0.25) is 0 Å². The lowest BCUT2D eigenvalue weighted by Crippen LogP contribution is -2.31. The molecule has 72 valence electrons. The average Bonchev–Trinajstić information content (AvgIpc) is 2.50. The van der Waals surface area contributed by atoms with Gasteiger partial charge in [0.25, 0.3) is 0 Å². The van der Waals surface area contributed by atoms with E-state index in [4.69, 9.17) is 4.74 Å². The van der Waals surface area contributed by atoms with Crippen LogP contribution in [0.15, 0.2) is 6.33 Å². The van der Waals surface area contributed by atoms with Crippen LogP contribution in [0.25, 0.3) is 0 Å². The lowest BCUT2D eigenvalue weighted by molar-refractivity contribution is 0.172. The van der Waals surface area contributed by atoms with Gasteiger partial charge in [0.15, 0.2) is 0 Å². The summed E-state index contributed by atoms with van der Waals surface area (Å²) in [6, 6.07) is 0. The Bertz CT molecular complexity index is 295. The molecule has 0 amide bonds. The van der Waals surface area contributed by atoms with Gasteiger partial charge in [-0.2, -0.15) is 0 Å². The van der Waals surface area contributed by atoms with E-state index in [1.807, 2.05) is 13.4 Å². The van der Waals surface area contributed by atoms with Crippen LogP contribution in [0.3, 0.4) is 0 Å². The molecule has 0 unspecified atom stereocenters. The molecule has 0 aliphatic carbocycles. The van der Waals surface area contributed by atoms with Crippen molar-refractivity contribution in [2.75, 3.05) is 20.3 Å². The second kappa shape index (κ2) is 3.47. The Morgan fingerprint density at radius 3 is 3.38 bits per heavy atom. The summed E-state index contributed by atoms with van der Waals surface area (Å²) in [7, 11) is 3.78. The Balaban J connectivity index is 2.29. The molecule has 1 aromatic heterocycles. The van der Waals surface area contributed by atoms with Crippen molar-refractivity contribution in [1.82, 2.24) is 14.9 Å². The molecule has 4 heteroatoms. The highest BCUT2D eigenvalue weighted by Crippen LogP contribution is 2.22. The molecule has 0 spiro atoms. The molecular weight excluding hydrogens is 166 g/mol. The summed E-state index contributed by atoms with van der Waals surface area (Å²) >= 11 is 0. The Kier molecular flexibility index (Phi) is 2.33. The first kappa shape index (κ1) is 8.72. The van der Waals surface area contributed by atoms with Gasteiger partial charge in [-0.3, -0.25) is 0 Å². The third kappa shape index (κ3) is 1.47. The molecule has 0 saturated heterocycles. The molecule has 2 rings (SSSR count). The molecule has 1 aliphatic heterocycles. The number of hydrogen-bond acceptors (Lipinski definition) is 3. The van der Waals surface area contributed by atoms with Gasteiger partial charge in [-0.25, -0.2) is 4.98 Å². The Labute approximate surface area is 77.9 Å². The SMILES string of the molecule is COC[C@@H]1CNCc2ncn(C)c21. The first-order valence-corrected chi connectivity index (χ1v) is 4.52. The van der Waals surface area contributed by atoms with Gasteiger partial charge < -0.3 is 14.6 Å². The molecule has 0 radical (unpaired) electrons. The van der Waals surface area contributed by atoms with Crippen LogP contribution in [-0.2, 0) is 18.3 Å². The van der Waals surface area contributed by atoms with E-state index in [2.05, 4.69) is 14.9 Å². The summed E-state index contributed by atoms with van der Waals surface area (Å²) in [5, 5.41) is 3.33. The van der Waals surface area contributed by atoms with Gasteiger partial charge in [-0.1, -0.05) is 0 Å². The zero-order chi connectivity index (χ0) is 9.26. The maximum absolute atomic E-state index is 5.18. The molecule has 0 bridgehead atoms. The number of ether oxygens (including phenoxy) is 1. The summed E-state index contributed by atoms with van der Waals surface area (Å²) in [6.07, 6.45) is 1.88. The molecule has 4 nitrogen and oxygen atoms in total. The number of rotatable bonds is 2. The number of aryl methyl sites for hydroxylation is 1. The fourth-order valence-electron chi connectivity index (χ4n) is 1.95. The first-order chi connectivity index (χ1) is 6.33. The van der Waals surface area contributed by atoms with Crippen LogP contribution in [0.1, 0.15) is 17.3 Å². The second-order valence-corrected chi connectivity index (χ2v) is 3.47. The summed E-state index contributed by atoms with van der Waals surface area (Å²) in [5.41, 5.74) is 2.48. The average molecular weight is 181 g/mol. The molecular formula is C9H15N3O. The second-order valence-electron chi connectivity index (χ2n) is 3.47. The van der Waals surface area contributed by atoms with Crippen molar-refractivity contribution in [1.29, 1.82) is 0 Å². The monoisotopic (exact) mass is 181 g/mol. The van der Waals surface area contributed by atoms with Gasteiger partial charge in [0.05, 0.1) is 18.6 Å². The number of methoxy groups -OCH3 is 1. The molecule has 1 atom stereocenters. The van der Waals surface area contributed by atoms with Crippen molar-refractivity contribution in [2.45, 2.75) is 12.5 Å². The van der Waals surface area contributed by atoms with Crippen LogP contribution < -0.4 is 5.32 Å². The van der Waals surface area contributed by atoms with E-state index >= 15 is 0 Å². The normalized spacial score (nSPS) is 21.5. The Morgan fingerprint density at radius 1 is 1.77 bits per heavy atom. The minimum Gasteiger partial charge on any atom is -0.384 e. The smallest absolute Gasteiger partial charge is 0.0949 e. The highest BCUT2D eigenvalue weighted by Gasteiger charge is 2.23. The number of fused-ring (bicyclic) bond motifs is 1. The number of nitrogens with one attached hydrogen (secondary N) is 1. The van der Waals surface area contributed by atoms with Crippen molar-refractivity contribution < 1.29 is 4.74 Å². The fourth-order valence-corrected chi connectivity index (χ4v) is 1.95. The lowest BCUT2D eigenvalue weighted by Gasteiger charge is -2.23. The standard InChI is InChI=1S/C9H15N3O/c1-12-6-11-8-4-10-3-7(5-13-2)9(8)12/h6-7,10H,3-5H2,1-2H3/t7-/m0/s1. The van der Waals surface area contributed by atoms with Crippen LogP contribution >= 0.6 is 0 Å². The molecule has 0 aromatic carbocycles. The van der Waals surface area contributed by atoms with Crippen molar-refractivity contribution in [2.24, 2.45) is 7.05 Å². The summed E-state index contributed by atoms with van der Waals surface area (Å²) in [4.78, 5) is 4.33. The van der Waals surface area contributed by atoms with Crippen molar-refractivity contribution >= 4 is 0 Å². The van der Waals surface area contributed by atoms with Crippen molar-refractivity contribution in [3.8, 4) is 0 Å². The van der Waals surface area contributed by atoms with Gasteiger partial charge in [0.1, 0.15) is 0 Å². The van der Waals surface area contributed by atoms with Crippen LogP contribution in [0.4, 0.5) is 0 Å². The topological polar surface area (TPSA) is 39.1 Å². The van der Waals surface area contributed by atoms with E-state index in [0.717, 1.165) is 25.4 Å². The molecule has 0 fully saturated rings. The predicted molar refractivity (Wildman–Crippen MR) is 49.5 cm³/mol. The highest BCUT2D eigenvalue weighted by atomic mass is 16.5.